The SMILES string of the molecule is CN1CCC(NC(=O)c2ccn(COc3c(Cl)cccc3Cl)n2)CC1. The molecule has 6 nitrogen and oxygen atoms in total. The maximum absolute atomic E-state index is 12.3. The molecule has 1 amide bonds. The van der Waals surface area contributed by atoms with Crippen LogP contribution in [0.2, 0.25) is 10.0 Å². The van der Waals surface area contributed by atoms with Crippen molar-refractivity contribution in [3.05, 3.63) is 46.2 Å². The molecule has 1 aromatic carbocycles. The Morgan fingerprint density at radius 2 is 1.96 bits per heavy atom. The fourth-order valence-corrected chi connectivity index (χ4v) is 3.22. The molecule has 1 saturated heterocycles. The van der Waals surface area contributed by atoms with Gasteiger partial charge in [-0.1, -0.05) is 29.3 Å². The minimum Gasteiger partial charge on any atom is -0.468 e. The highest BCUT2D eigenvalue weighted by Crippen LogP contribution is 2.32. The van der Waals surface area contributed by atoms with Crippen molar-refractivity contribution in [2.45, 2.75) is 25.6 Å². The number of nitrogens with zero attached hydrogens (tertiary/aromatic N) is 3. The Labute approximate surface area is 156 Å². The second-order valence-electron chi connectivity index (χ2n) is 6.12. The molecule has 1 aliphatic heterocycles. The largest absolute Gasteiger partial charge is 0.468 e. The van der Waals surface area contributed by atoms with Crippen LogP contribution in [0.4, 0.5) is 0 Å². The lowest BCUT2D eigenvalue weighted by Gasteiger charge is -2.29. The number of amides is 1. The summed E-state index contributed by atoms with van der Waals surface area (Å²) in [5, 5.41) is 8.15. The second kappa shape index (κ2) is 8.08. The van der Waals surface area contributed by atoms with Crippen molar-refractivity contribution in [2.75, 3.05) is 20.1 Å². The molecular weight excluding hydrogens is 363 g/mol. The van der Waals surface area contributed by atoms with Gasteiger partial charge < -0.3 is 15.0 Å². The van der Waals surface area contributed by atoms with E-state index in [9.17, 15) is 4.79 Å². The minimum atomic E-state index is -0.163. The summed E-state index contributed by atoms with van der Waals surface area (Å²) in [5.41, 5.74) is 0.368. The molecule has 2 aromatic rings. The lowest BCUT2D eigenvalue weighted by Crippen LogP contribution is -2.43. The quantitative estimate of drug-likeness (QED) is 0.862. The Morgan fingerprint density at radius 3 is 2.64 bits per heavy atom. The molecule has 0 saturated carbocycles. The van der Waals surface area contributed by atoms with Gasteiger partial charge in [0.2, 0.25) is 0 Å². The van der Waals surface area contributed by atoms with Crippen LogP contribution in [-0.4, -0.2) is 46.8 Å². The highest BCUT2D eigenvalue weighted by molar-refractivity contribution is 6.37. The predicted octanol–water partition coefficient (Wildman–Crippen LogP) is 3.05. The molecule has 1 aromatic heterocycles. The third kappa shape index (κ3) is 4.66. The molecule has 1 fully saturated rings. The molecule has 1 aliphatic rings. The number of carbonyl (C=O) groups is 1. The Kier molecular flexibility index (Phi) is 5.83. The normalized spacial score (nSPS) is 16.0. The maximum atomic E-state index is 12.3. The Hall–Kier alpha value is -1.76. The molecule has 0 radical (unpaired) electrons. The first-order valence-electron chi connectivity index (χ1n) is 8.12. The molecular formula is C17H20Cl2N4O2. The predicted molar refractivity (Wildman–Crippen MR) is 97.3 cm³/mol. The third-order valence-electron chi connectivity index (χ3n) is 4.19. The van der Waals surface area contributed by atoms with E-state index in [1.807, 2.05) is 0 Å². The molecule has 0 spiro atoms. The van der Waals surface area contributed by atoms with Crippen molar-refractivity contribution in [1.82, 2.24) is 20.0 Å². The van der Waals surface area contributed by atoms with E-state index in [4.69, 9.17) is 27.9 Å². The fourth-order valence-electron chi connectivity index (χ4n) is 2.72. The molecule has 0 aliphatic carbocycles. The number of carbonyl (C=O) groups excluding carboxylic acids is 1. The zero-order valence-corrected chi connectivity index (χ0v) is 15.4. The van der Waals surface area contributed by atoms with Gasteiger partial charge in [0.15, 0.2) is 12.5 Å². The molecule has 0 atom stereocenters. The van der Waals surface area contributed by atoms with Crippen LogP contribution in [0.5, 0.6) is 5.75 Å². The van der Waals surface area contributed by atoms with Crippen LogP contribution >= 0.6 is 23.2 Å². The van der Waals surface area contributed by atoms with Crippen LogP contribution in [0.3, 0.4) is 0 Å². The first-order chi connectivity index (χ1) is 12.0. The maximum Gasteiger partial charge on any atom is 0.271 e. The zero-order valence-electron chi connectivity index (χ0n) is 13.9. The number of para-hydroxylation sites is 1. The molecule has 0 bridgehead atoms. The number of rotatable bonds is 5. The molecule has 0 unspecified atom stereocenters. The summed E-state index contributed by atoms with van der Waals surface area (Å²) in [6.45, 7) is 2.10. The summed E-state index contributed by atoms with van der Waals surface area (Å²) in [7, 11) is 2.09. The third-order valence-corrected chi connectivity index (χ3v) is 4.78. The summed E-state index contributed by atoms with van der Waals surface area (Å²) >= 11 is 12.1. The lowest BCUT2D eigenvalue weighted by atomic mass is 10.1. The number of ether oxygens (including phenoxy) is 1. The molecule has 3 rings (SSSR count). The number of hydrogen-bond donors (Lipinski definition) is 1. The van der Waals surface area contributed by atoms with Gasteiger partial charge in [-0.2, -0.15) is 5.10 Å². The molecule has 134 valence electrons. The molecule has 25 heavy (non-hydrogen) atoms. The topological polar surface area (TPSA) is 59.4 Å². The van der Waals surface area contributed by atoms with Crippen LogP contribution in [0.1, 0.15) is 23.3 Å². The van der Waals surface area contributed by atoms with E-state index in [0.717, 1.165) is 25.9 Å². The lowest BCUT2D eigenvalue weighted by molar-refractivity contribution is 0.0909. The number of hydrogen-bond acceptors (Lipinski definition) is 4. The standard InChI is InChI=1S/C17H20Cl2N4O2/c1-22-8-5-12(6-9-22)20-17(24)15-7-10-23(21-15)11-25-16-13(18)3-2-4-14(16)19/h2-4,7,10,12H,5-6,8-9,11H2,1H3,(H,20,24). The van der Waals surface area contributed by atoms with Crippen molar-refractivity contribution in [3.63, 3.8) is 0 Å². The highest BCUT2D eigenvalue weighted by Gasteiger charge is 2.20. The second-order valence-corrected chi connectivity index (χ2v) is 6.93. The Balaban J connectivity index is 1.56. The highest BCUT2D eigenvalue weighted by atomic mass is 35.5. The van der Waals surface area contributed by atoms with Gasteiger partial charge in [0, 0.05) is 12.2 Å². The van der Waals surface area contributed by atoms with Crippen LogP contribution < -0.4 is 10.1 Å². The number of piperidine rings is 1. The van der Waals surface area contributed by atoms with Gasteiger partial charge in [-0.05, 0) is 51.2 Å². The smallest absolute Gasteiger partial charge is 0.271 e. The number of likely N-dealkylation sites (tertiary alicyclic amines) is 1. The van der Waals surface area contributed by atoms with E-state index >= 15 is 0 Å². The number of halogens is 2. The van der Waals surface area contributed by atoms with Crippen molar-refractivity contribution in [3.8, 4) is 5.75 Å². The Morgan fingerprint density at radius 1 is 1.28 bits per heavy atom. The molecule has 1 N–H and O–H groups in total. The zero-order chi connectivity index (χ0) is 17.8. The number of benzene rings is 1. The van der Waals surface area contributed by atoms with Crippen LogP contribution in [0, 0.1) is 0 Å². The van der Waals surface area contributed by atoms with Gasteiger partial charge in [-0.15, -0.1) is 0 Å². The van der Waals surface area contributed by atoms with E-state index in [0.29, 0.717) is 21.5 Å². The van der Waals surface area contributed by atoms with Gasteiger partial charge in [0.1, 0.15) is 5.69 Å². The van der Waals surface area contributed by atoms with Crippen LogP contribution in [-0.2, 0) is 6.73 Å². The van der Waals surface area contributed by atoms with E-state index in [1.54, 1.807) is 30.5 Å². The van der Waals surface area contributed by atoms with E-state index in [-0.39, 0.29) is 18.7 Å². The summed E-state index contributed by atoms with van der Waals surface area (Å²) in [6.07, 6.45) is 3.60. The van der Waals surface area contributed by atoms with Crippen molar-refractivity contribution in [1.29, 1.82) is 0 Å². The molecule has 8 heteroatoms. The van der Waals surface area contributed by atoms with E-state index in [1.165, 1.54) is 4.68 Å². The molecule has 2 heterocycles. The number of nitrogens with one attached hydrogen (secondary N) is 1. The van der Waals surface area contributed by atoms with Gasteiger partial charge in [-0.25, -0.2) is 4.68 Å². The van der Waals surface area contributed by atoms with Crippen LogP contribution in [0.15, 0.2) is 30.5 Å². The average Bonchev–Trinajstić information content (AvgIpc) is 3.06. The van der Waals surface area contributed by atoms with Crippen molar-refractivity contribution in [2.24, 2.45) is 0 Å². The average molecular weight is 383 g/mol. The first kappa shape index (κ1) is 18.0. The summed E-state index contributed by atoms with van der Waals surface area (Å²) in [5.74, 6) is 0.239. The van der Waals surface area contributed by atoms with Crippen LogP contribution in [0.25, 0.3) is 0 Å². The van der Waals surface area contributed by atoms with Gasteiger partial charge in [-0.3, -0.25) is 4.79 Å². The number of aromatic nitrogens is 2. The Bertz CT molecular complexity index is 722. The first-order valence-corrected chi connectivity index (χ1v) is 8.88. The van der Waals surface area contributed by atoms with Gasteiger partial charge >= 0.3 is 0 Å². The van der Waals surface area contributed by atoms with Gasteiger partial charge in [0.05, 0.1) is 10.0 Å². The van der Waals surface area contributed by atoms with Crippen molar-refractivity contribution >= 4 is 29.1 Å². The van der Waals surface area contributed by atoms with E-state index in [2.05, 4.69) is 22.4 Å². The monoisotopic (exact) mass is 382 g/mol. The summed E-state index contributed by atoms with van der Waals surface area (Å²) in [6, 6.07) is 7.02. The van der Waals surface area contributed by atoms with Gasteiger partial charge in [0.25, 0.3) is 5.91 Å². The fraction of sp³-hybridized carbons (Fsp3) is 0.412. The minimum absolute atomic E-state index is 0.116. The van der Waals surface area contributed by atoms with E-state index < -0.39 is 0 Å². The summed E-state index contributed by atoms with van der Waals surface area (Å²) < 4.78 is 7.14. The van der Waals surface area contributed by atoms with Crippen molar-refractivity contribution < 1.29 is 9.53 Å². The summed E-state index contributed by atoms with van der Waals surface area (Å²) in [4.78, 5) is 14.6.